The number of hydrogen-bond donors (Lipinski definition) is 0. The maximum Gasteiger partial charge on any atom is 0.193 e. The molecule has 7 heteroatoms. The Morgan fingerprint density at radius 3 is 2.96 bits per heavy atom. The third kappa shape index (κ3) is 2.81. The highest BCUT2D eigenvalue weighted by atomic mass is 32.1. The lowest BCUT2D eigenvalue weighted by atomic mass is 10.1. The standard InChI is InChI=1S/C18H16N6S/c1-4-19-5-2-13(1)17-20-9-14-10-23(6-3-16(14)22-17)11-15-12-24-7-8-25-18(24)21-15/h1-2,4-5,7-9,12H,3,6,10-11H2. The van der Waals surface area contributed by atoms with Crippen LogP contribution in [0.4, 0.5) is 0 Å². The molecule has 0 amide bonds. The Balaban J connectivity index is 1.35. The number of nitrogens with zero attached hydrogens (tertiary/aromatic N) is 6. The molecule has 6 nitrogen and oxygen atoms in total. The van der Waals surface area contributed by atoms with Crippen LogP contribution in [-0.2, 0) is 19.5 Å². The lowest BCUT2D eigenvalue weighted by molar-refractivity contribution is 0.240. The Bertz CT molecular complexity index is 994. The summed E-state index contributed by atoms with van der Waals surface area (Å²) in [4.78, 5) is 21.5. The average Bonchev–Trinajstić information content (AvgIpc) is 3.23. The lowest BCUT2D eigenvalue weighted by Crippen LogP contribution is -2.31. The number of pyridine rings is 1. The summed E-state index contributed by atoms with van der Waals surface area (Å²) in [5.41, 5.74) is 4.50. The zero-order valence-corrected chi connectivity index (χ0v) is 14.4. The van der Waals surface area contributed by atoms with Crippen LogP contribution in [0.3, 0.4) is 0 Å². The van der Waals surface area contributed by atoms with E-state index in [0.717, 1.165) is 53.8 Å². The van der Waals surface area contributed by atoms with Crippen molar-refractivity contribution in [2.45, 2.75) is 19.5 Å². The monoisotopic (exact) mass is 348 g/mol. The second-order valence-corrected chi connectivity index (χ2v) is 7.06. The summed E-state index contributed by atoms with van der Waals surface area (Å²) < 4.78 is 2.09. The number of aromatic nitrogens is 5. The summed E-state index contributed by atoms with van der Waals surface area (Å²) in [5.74, 6) is 0.781. The first-order chi connectivity index (χ1) is 12.3. The van der Waals surface area contributed by atoms with Crippen LogP contribution < -0.4 is 0 Å². The Kier molecular flexibility index (Phi) is 3.53. The smallest absolute Gasteiger partial charge is 0.193 e. The topological polar surface area (TPSA) is 59.2 Å². The zero-order valence-electron chi connectivity index (χ0n) is 13.5. The largest absolute Gasteiger partial charge is 0.297 e. The van der Waals surface area contributed by atoms with Crippen LogP contribution in [0.25, 0.3) is 16.3 Å². The highest BCUT2D eigenvalue weighted by molar-refractivity contribution is 7.15. The third-order valence-corrected chi connectivity index (χ3v) is 5.25. The normalized spacial score (nSPS) is 14.7. The van der Waals surface area contributed by atoms with E-state index in [4.69, 9.17) is 4.98 Å². The van der Waals surface area contributed by atoms with E-state index < -0.39 is 0 Å². The van der Waals surface area contributed by atoms with Gasteiger partial charge < -0.3 is 0 Å². The molecule has 0 fully saturated rings. The van der Waals surface area contributed by atoms with Gasteiger partial charge in [-0.05, 0) is 12.1 Å². The van der Waals surface area contributed by atoms with Crippen LogP contribution in [0.5, 0.6) is 0 Å². The van der Waals surface area contributed by atoms with Crippen molar-refractivity contribution in [3.05, 3.63) is 65.4 Å². The molecule has 0 unspecified atom stereocenters. The Hall–Kier alpha value is -2.64. The highest BCUT2D eigenvalue weighted by Crippen LogP contribution is 2.22. The molecular weight excluding hydrogens is 332 g/mol. The van der Waals surface area contributed by atoms with Gasteiger partial charge in [0, 0.05) is 73.5 Å². The van der Waals surface area contributed by atoms with E-state index >= 15 is 0 Å². The molecule has 0 aromatic carbocycles. The minimum absolute atomic E-state index is 0.781. The first kappa shape index (κ1) is 14.7. The fourth-order valence-electron chi connectivity index (χ4n) is 3.23. The van der Waals surface area contributed by atoms with E-state index in [1.165, 1.54) is 5.56 Å². The van der Waals surface area contributed by atoms with Crippen molar-refractivity contribution >= 4 is 16.3 Å². The first-order valence-corrected chi connectivity index (χ1v) is 9.12. The molecule has 5 heterocycles. The van der Waals surface area contributed by atoms with E-state index in [1.807, 2.05) is 18.3 Å². The number of imidazole rings is 1. The van der Waals surface area contributed by atoms with E-state index in [9.17, 15) is 0 Å². The Morgan fingerprint density at radius 1 is 1.16 bits per heavy atom. The van der Waals surface area contributed by atoms with Gasteiger partial charge in [-0.15, -0.1) is 11.3 Å². The second kappa shape index (κ2) is 6.02. The van der Waals surface area contributed by atoms with Gasteiger partial charge in [0.05, 0.1) is 11.4 Å². The predicted molar refractivity (Wildman–Crippen MR) is 96.2 cm³/mol. The minimum atomic E-state index is 0.781. The molecule has 4 aromatic rings. The van der Waals surface area contributed by atoms with Crippen LogP contribution in [0, 0.1) is 0 Å². The fraction of sp³-hybridized carbons (Fsp3) is 0.222. The molecule has 124 valence electrons. The van der Waals surface area contributed by atoms with Gasteiger partial charge in [-0.1, -0.05) is 0 Å². The lowest BCUT2D eigenvalue weighted by Gasteiger charge is -2.27. The Labute approximate surface area is 148 Å². The molecular formula is C18H16N6S. The van der Waals surface area contributed by atoms with Crippen LogP contribution in [0.15, 0.2) is 48.5 Å². The first-order valence-electron chi connectivity index (χ1n) is 8.24. The number of hydrogen-bond acceptors (Lipinski definition) is 6. The van der Waals surface area contributed by atoms with E-state index in [0.29, 0.717) is 0 Å². The van der Waals surface area contributed by atoms with Gasteiger partial charge in [-0.3, -0.25) is 14.3 Å². The van der Waals surface area contributed by atoms with Crippen LogP contribution in [0.2, 0.25) is 0 Å². The minimum Gasteiger partial charge on any atom is -0.297 e. The number of rotatable bonds is 3. The summed E-state index contributed by atoms with van der Waals surface area (Å²) in [6.45, 7) is 2.72. The molecule has 5 rings (SSSR count). The molecule has 4 aromatic heterocycles. The van der Waals surface area contributed by atoms with Crippen molar-refractivity contribution in [3.63, 3.8) is 0 Å². The van der Waals surface area contributed by atoms with Crippen LogP contribution in [0.1, 0.15) is 17.0 Å². The fourth-order valence-corrected chi connectivity index (χ4v) is 3.95. The Morgan fingerprint density at radius 2 is 2.08 bits per heavy atom. The molecule has 0 N–H and O–H groups in total. The van der Waals surface area contributed by atoms with Gasteiger partial charge >= 0.3 is 0 Å². The molecule has 0 atom stereocenters. The van der Waals surface area contributed by atoms with Gasteiger partial charge in [0.2, 0.25) is 0 Å². The van der Waals surface area contributed by atoms with E-state index in [-0.39, 0.29) is 0 Å². The average molecular weight is 348 g/mol. The molecule has 25 heavy (non-hydrogen) atoms. The molecule has 0 aliphatic carbocycles. The third-order valence-electron chi connectivity index (χ3n) is 4.48. The van der Waals surface area contributed by atoms with Crippen molar-refractivity contribution in [1.82, 2.24) is 29.2 Å². The summed E-state index contributed by atoms with van der Waals surface area (Å²) in [5, 5.41) is 2.06. The molecule has 0 bridgehead atoms. The van der Waals surface area contributed by atoms with Gasteiger partial charge in [0.15, 0.2) is 10.8 Å². The molecule has 1 aliphatic heterocycles. The van der Waals surface area contributed by atoms with Crippen molar-refractivity contribution in [1.29, 1.82) is 0 Å². The van der Waals surface area contributed by atoms with Gasteiger partial charge in [-0.25, -0.2) is 15.0 Å². The number of fused-ring (bicyclic) bond motifs is 2. The van der Waals surface area contributed by atoms with Crippen molar-refractivity contribution in [3.8, 4) is 11.4 Å². The quantitative estimate of drug-likeness (QED) is 0.570. The summed E-state index contributed by atoms with van der Waals surface area (Å²) >= 11 is 1.67. The second-order valence-electron chi connectivity index (χ2n) is 6.19. The number of thiazole rings is 1. The summed E-state index contributed by atoms with van der Waals surface area (Å²) in [6.07, 6.45) is 10.6. The molecule has 0 saturated heterocycles. The van der Waals surface area contributed by atoms with Crippen molar-refractivity contribution in [2.75, 3.05) is 6.54 Å². The maximum absolute atomic E-state index is 4.77. The van der Waals surface area contributed by atoms with Gasteiger partial charge in [0.1, 0.15) is 0 Å². The summed E-state index contributed by atoms with van der Waals surface area (Å²) in [6, 6.07) is 3.89. The molecule has 0 radical (unpaired) electrons. The van der Waals surface area contributed by atoms with Crippen LogP contribution in [-0.4, -0.2) is 35.8 Å². The van der Waals surface area contributed by atoms with Gasteiger partial charge in [0.25, 0.3) is 0 Å². The maximum atomic E-state index is 4.77. The molecule has 0 saturated carbocycles. The SMILES string of the molecule is c1cc(-c2ncc3c(n2)CCN(Cc2cn4ccsc4n2)C3)ccn1. The molecule has 1 aliphatic rings. The van der Waals surface area contributed by atoms with Crippen LogP contribution >= 0.6 is 11.3 Å². The van der Waals surface area contributed by atoms with Crippen molar-refractivity contribution < 1.29 is 0 Å². The summed E-state index contributed by atoms with van der Waals surface area (Å²) in [7, 11) is 0. The predicted octanol–water partition coefficient (Wildman–Crippen LogP) is 2.81. The molecule has 0 spiro atoms. The van der Waals surface area contributed by atoms with E-state index in [1.54, 1.807) is 23.7 Å². The zero-order chi connectivity index (χ0) is 16.6. The highest BCUT2D eigenvalue weighted by Gasteiger charge is 2.19. The van der Waals surface area contributed by atoms with Gasteiger partial charge in [-0.2, -0.15) is 0 Å². The van der Waals surface area contributed by atoms with E-state index in [2.05, 4.69) is 42.0 Å². The van der Waals surface area contributed by atoms with Crippen molar-refractivity contribution in [2.24, 2.45) is 0 Å².